The van der Waals surface area contributed by atoms with E-state index in [2.05, 4.69) is 10.1 Å². The van der Waals surface area contributed by atoms with Crippen molar-refractivity contribution in [2.45, 2.75) is 38.8 Å². The first-order valence-corrected chi connectivity index (χ1v) is 8.06. The maximum Gasteiger partial charge on any atom is 0.168 e. The normalized spacial score (nSPS) is 26.3. The zero-order valence-electron chi connectivity index (χ0n) is 13.2. The number of ketones is 1. The summed E-state index contributed by atoms with van der Waals surface area (Å²) in [5.41, 5.74) is -0.975. The van der Waals surface area contributed by atoms with Crippen molar-refractivity contribution in [3.63, 3.8) is 0 Å². The second-order valence-corrected chi connectivity index (χ2v) is 7.30. The Kier molecular flexibility index (Phi) is 4.02. The van der Waals surface area contributed by atoms with Crippen LogP contribution in [0.5, 0.6) is 0 Å². The molecule has 1 aromatic carbocycles. The molecular formula is C17H20ClN3O2. The van der Waals surface area contributed by atoms with Gasteiger partial charge >= 0.3 is 0 Å². The van der Waals surface area contributed by atoms with Gasteiger partial charge in [0.1, 0.15) is 12.7 Å². The van der Waals surface area contributed by atoms with Crippen molar-refractivity contribution in [2.75, 3.05) is 0 Å². The quantitative estimate of drug-likeness (QED) is 0.873. The molecule has 1 N–H and O–H groups in total. The van der Waals surface area contributed by atoms with Crippen LogP contribution in [0, 0.1) is 11.3 Å². The Morgan fingerprint density at radius 2 is 2.09 bits per heavy atom. The van der Waals surface area contributed by atoms with Gasteiger partial charge in [0.05, 0.1) is 18.1 Å². The molecule has 3 rings (SSSR count). The van der Waals surface area contributed by atoms with Gasteiger partial charge < -0.3 is 5.11 Å². The van der Waals surface area contributed by atoms with E-state index in [1.165, 1.54) is 6.33 Å². The van der Waals surface area contributed by atoms with Crippen LogP contribution in [0.4, 0.5) is 0 Å². The summed E-state index contributed by atoms with van der Waals surface area (Å²) in [6.45, 7) is 4.25. The minimum Gasteiger partial charge on any atom is -0.387 e. The Morgan fingerprint density at radius 1 is 1.39 bits per heavy atom. The summed E-state index contributed by atoms with van der Waals surface area (Å²) in [4.78, 5) is 16.9. The third-order valence-corrected chi connectivity index (χ3v) is 5.37. The molecule has 23 heavy (non-hydrogen) atoms. The molecule has 0 amide bonds. The van der Waals surface area contributed by atoms with Crippen LogP contribution in [0.1, 0.15) is 37.0 Å². The number of nitrogens with zero attached hydrogens (tertiary/aromatic N) is 3. The van der Waals surface area contributed by atoms with E-state index >= 15 is 0 Å². The monoisotopic (exact) mass is 333 g/mol. The van der Waals surface area contributed by atoms with Gasteiger partial charge in [0.2, 0.25) is 0 Å². The van der Waals surface area contributed by atoms with Crippen LogP contribution in [0.3, 0.4) is 0 Å². The maximum absolute atomic E-state index is 12.9. The van der Waals surface area contributed by atoms with Crippen LogP contribution < -0.4 is 0 Å². The Hall–Kier alpha value is -1.72. The van der Waals surface area contributed by atoms with E-state index in [-0.39, 0.29) is 17.7 Å². The zero-order chi connectivity index (χ0) is 16.7. The second-order valence-electron chi connectivity index (χ2n) is 6.86. The highest BCUT2D eigenvalue weighted by atomic mass is 35.5. The zero-order valence-corrected chi connectivity index (χ0v) is 14.0. The van der Waals surface area contributed by atoms with Crippen molar-refractivity contribution in [1.82, 2.24) is 14.8 Å². The van der Waals surface area contributed by atoms with Gasteiger partial charge in [-0.2, -0.15) is 5.10 Å². The fourth-order valence-corrected chi connectivity index (χ4v) is 3.61. The summed E-state index contributed by atoms with van der Waals surface area (Å²) >= 11 is 5.89. The summed E-state index contributed by atoms with van der Waals surface area (Å²) in [5.74, 6) is -0.516. The number of hydrogen-bond donors (Lipinski definition) is 1. The van der Waals surface area contributed by atoms with Gasteiger partial charge in [0.25, 0.3) is 0 Å². The lowest BCUT2D eigenvalue weighted by Crippen LogP contribution is -2.51. The fraction of sp³-hybridized carbons (Fsp3) is 0.471. The van der Waals surface area contributed by atoms with Gasteiger partial charge in [-0.1, -0.05) is 25.4 Å². The molecule has 0 unspecified atom stereocenters. The number of carbonyl (C=O) groups is 1. The van der Waals surface area contributed by atoms with Gasteiger partial charge in [-0.15, -0.1) is 0 Å². The topological polar surface area (TPSA) is 68.0 Å². The van der Waals surface area contributed by atoms with E-state index in [1.807, 2.05) is 13.8 Å². The smallest absolute Gasteiger partial charge is 0.168 e. The molecule has 0 bridgehead atoms. The molecule has 1 aliphatic carbocycles. The first kappa shape index (κ1) is 16.1. The molecule has 5 nitrogen and oxygen atoms in total. The SMILES string of the molecule is CC1(C)CC[C@@H](C(=O)c2ccc(Cl)cc2)[C@]1(O)Cn1cncn1. The van der Waals surface area contributed by atoms with Crippen molar-refractivity contribution in [1.29, 1.82) is 0 Å². The first-order chi connectivity index (χ1) is 10.8. The van der Waals surface area contributed by atoms with Gasteiger partial charge in [-0.25, -0.2) is 4.98 Å². The predicted octanol–water partition coefficient (Wildman–Crippen LogP) is 2.98. The Labute approximate surface area is 140 Å². The summed E-state index contributed by atoms with van der Waals surface area (Å²) in [5, 5.41) is 16.1. The largest absolute Gasteiger partial charge is 0.387 e. The number of aliphatic hydroxyl groups is 1. The van der Waals surface area contributed by atoms with Gasteiger partial charge in [-0.3, -0.25) is 9.48 Å². The van der Waals surface area contributed by atoms with Crippen LogP contribution in [-0.2, 0) is 6.54 Å². The highest BCUT2D eigenvalue weighted by Gasteiger charge is 2.57. The number of hydrogen-bond acceptors (Lipinski definition) is 4. The molecule has 2 aromatic rings. The minimum absolute atomic E-state index is 0.0464. The van der Waals surface area contributed by atoms with Crippen LogP contribution in [0.15, 0.2) is 36.9 Å². The highest BCUT2D eigenvalue weighted by Crippen LogP contribution is 2.51. The Bertz CT molecular complexity index is 697. The standard InChI is InChI=1S/C17H20ClN3O2/c1-16(2)8-7-14(15(22)12-3-5-13(18)6-4-12)17(16,23)9-21-11-19-10-20-21/h3-6,10-11,14,23H,7-9H2,1-2H3/t14-,17+/m0/s1. The number of halogens is 1. The number of Topliss-reactive ketones (excluding diaryl/α,β-unsaturated/α-hetero) is 1. The van der Waals surface area contributed by atoms with Crippen molar-refractivity contribution < 1.29 is 9.90 Å². The molecule has 0 radical (unpaired) electrons. The second kappa shape index (κ2) is 5.73. The van der Waals surface area contributed by atoms with Crippen molar-refractivity contribution in [3.8, 4) is 0 Å². The molecule has 6 heteroatoms. The van der Waals surface area contributed by atoms with E-state index in [9.17, 15) is 9.90 Å². The molecule has 2 atom stereocenters. The molecule has 0 aliphatic heterocycles. The maximum atomic E-state index is 12.9. The molecule has 1 aliphatic rings. The predicted molar refractivity (Wildman–Crippen MR) is 87.3 cm³/mol. The number of carbonyl (C=O) groups excluding carboxylic acids is 1. The third kappa shape index (κ3) is 2.79. The van der Waals surface area contributed by atoms with Gasteiger partial charge in [0.15, 0.2) is 5.78 Å². The average molecular weight is 334 g/mol. The summed E-state index contributed by atoms with van der Waals surface area (Å²) in [6.07, 6.45) is 4.43. The first-order valence-electron chi connectivity index (χ1n) is 7.68. The lowest BCUT2D eigenvalue weighted by Gasteiger charge is -2.40. The molecule has 1 fully saturated rings. The fourth-order valence-electron chi connectivity index (χ4n) is 3.48. The average Bonchev–Trinajstić information content (AvgIpc) is 3.07. The molecular weight excluding hydrogens is 314 g/mol. The lowest BCUT2D eigenvalue weighted by atomic mass is 9.72. The minimum atomic E-state index is -1.17. The highest BCUT2D eigenvalue weighted by molar-refractivity contribution is 6.30. The summed E-state index contributed by atoms with van der Waals surface area (Å²) in [7, 11) is 0. The van der Waals surface area contributed by atoms with Gasteiger partial charge in [0, 0.05) is 10.6 Å². The summed E-state index contributed by atoms with van der Waals surface area (Å²) < 4.78 is 1.59. The van der Waals surface area contributed by atoms with Crippen molar-refractivity contribution in [3.05, 3.63) is 47.5 Å². The van der Waals surface area contributed by atoms with Gasteiger partial charge in [-0.05, 0) is 42.5 Å². The summed E-state index contributed by atoms with van der Waals surface area (Å²) in [6, 6.07) is 6.83. The molecule has 0 spiro atoms. The Morgan fingerprint density at radius 3 is 2.70 bits per heavy atom. The van der Waals surface area contributed by atoms with E-state index in [4.69, 9.17) is 11.6 Å². The van der Waals surface area contributed by atoms with Crippen LogP contribution in [0.25, 0.3) is 0 Å². The van der Waals surface area contributed by atoms with Crippen molar-refractivity contribution in [2.24, 2.45) is 11.3 Å². The van der Waals surface area contributed by atoms with Crippen LogP contribution in [0.2, 0.25) is 5.02 Å². The molecule has 1 saturated carbocycles. The number of rotatable bonds is 4. The molecule has 1 aromatic heterocycles. The van der Waals surface area contributed by atoms with E-state index in [1.54, 1.807) is 35.3 Å². The number of aromatic nitrogens is 3. The van der Waals surface area contributed by atoms with Crippen LogP contribution >= 0.6 is 11.6 Å². The van der Waals surface area contributed by atoms with Crippen LogP contribution in [-0.4, -0.2) is 31.3 Å². The third-order valence-electron chi connectivity index (χ3n) is 5.12. The lowest BCUT2D eigenvalue weighted by molar-refractivity contribution is -0.0812. The van der Waals surface area contributed by atoms with E-state index < -0.39 is 11.5 Å². The number of benzene rings is 1. The Balaban J connectivity index is 1.93. The van der Waals surface area contributed by atoms with Crippen molar-refractivity contribution >= 4 is 17.4 Å². The van der Waals surface area contributed by atoms with E-state index in [0.29, 0.717) is 17.0 Å². The molecule has 122 valence electrons. The van der Waals surface area contributed by atoms with E-state index in [0.717, 1.165) is 6.42 Å². The molecule has 0 saturated heterocycles. The molecule has 1 heterocycles.